The van der Waals surface area contributed by atoms with E-state index >= 15 is 0 Å². The lowest BCUT2D eigenvalue weighted by molar-refractivity contribution is 0.224. The van der Waals surface area contributed by atoms with E-state index in [0.29, 0.717) is 0 Å². The first-order valence-corrected chi connectivity index (χ1v) is 12.1. The normalized spacial score (nSPS) is 16.2. The smallest absolute Gasteiger partial charge is 0.337 e. The molecule has 0 amide bonds. The molecule has 134 valence electrons. The van der Waals surface area contributed by atoms with Crippen molar-refractivity contribution in [3.63, 3.8) is 0 Å². The Labute approximate surface area is 141 Å². The first-order chi connectivity index (χ1) is 10.6. The fraction of sp³-hybridized carbons (Fsp3) is 1.00. The lowest BCUT2D eigenvalue weighted by Gasteiger charge is -2.34. The molecule has 0 aromatic rings. The zero-order valence-electron chi connectivity index (χ0n) is 16.1. The Kier molecular flexibility index (Phi) is 14.8. The molecule has 3 heteroatoms. The van der Waals surface area contributed by atoms with Crippen LogP contribution in [0.2, 0.25) is 12.1 Å². The van der Waals surface area contributed by atoms with E-state index in [9.17, 15) is 0 Å². The number of hydrogen-bond acceptors (Lipinski definition) is 2. The van der Waals surface area contributed by atoms with Gasteiger partial charge in [0, 0.05) is 19.8 Å². The highest BCUT2D eigenvalue weighted by Gasteiger charge is 2.39. The summed E-state index contributed by atoms with van der Waals surface area (Å²) in [6.07, 6.45) is 18.2. The first kappa shape index (κ1) is 22.1. The number of rotatable bonds is 10. The summed E-state index contributed by atoms with van der Waals surface area (Å²) < 4.78 is 11.1. The van der Waals surface area contributed by atoms with Crippen molar-refractivity contribution in [2.75, 3.05) is 14.2 Å². The minimum absolute atomic E-state index is 0.723. The van der Waals surface area contributed by atoms with Gasteiger partial charge in [0.2, 0.25) is 0 Å². The molecule has 0 aromatic carbocycles. The maximum absolute atomic E-state index is 5.54. The molecule has 1 aliphatic carbocycles. The highest BCUT2D eigenvalue weighted by molar-refractivity contribution is 6.67. The van der Waals surface area contributed by atoms with Crippen molar-refractivity contribution in [2.24, 2.45) is 0 Å². The van der Waals surface area contributed by atoms with Gasteiger partial charge in [-0.1, -0.05) is 84.5 Å². The molecule has 0 bridgehead atoms. The monoisotopic (exact) mass is 330 g/mol. The van der Waals surface area contributed by atoms with Crippen LogP contribution in [0.5, 0.6) is 0 Å². The molecular formula is C19H42O2Si. The molecule has 1 aliphatic rings. The third kappa shape index (κ3) is 10.0. The van der Waals surface area contributed by atoms with Crippen LogP contribution in [0.15, 0.2) is 0 Å². The van der Waals surface area contributed by atoms with Crippen molar-refractivity contribution in [1.29, 1.82) is 0 Å². The molecule has 1 rings (SSSR count). The number of unbranched alkanes of at least 4 members (excludes halogenated alkanes) is 7. The third-order valence-electron chi connectivity index (χ3n) is 5.11. The van der Waals surface area contributed by atoms with Gasteiger partial charge in [0.25, 0.3) is 0 Å². The molecule has 0 saturated heterocycles. The SMILES string of the molecule is CCCCCCCCCC.CO[Si](C)(OC)C1CCCCC1. The largest absolute Gasteiger partial charge is 0.398 e. The summed E-state index contributed by atoms with van der Waals surface area (Å²) in [5, 5.41) is 0. The van der Waals surface area contributed by atoms with E-state index < -0.39 is 8.56 Å². The minimum atomic E-state index is -1.80. The molecule has 0 aromatic heterocycles. The van der Waals surface area contributed by atoms with Gasteiger partial charge in [-0.05, 0) is 19.4 Å². The highest BCUT2D eigenvalue weighted by atomic mass is 28.4. The molecule has 0 atom stereocenters. The van der Waals surface area contributed by atoms with Crippen LogP contribution < -0.4 is 0 Å². The second kappa shape index (κ2) is 14.7. The molecule has 2 nitrogen and oxygen atoms in total. The van der Waals surface area contributed by atoms with Gasteiger partial charge in [0.15, 0.2) is 0 Å². The van der Waals surface area contributed by atoms with Crippen LogP contribution in [0, 0.1) is 0 Å². The van der Waals surface area contributed by atoms with Crippen molar-refractivity contribution in [3.05, 3.63) is 0 Å². The standard InChI is InChI=1S/C10H22.C9H20O2Si/c1-3-5-7-9-10-8-6-4-2;1-10-12(3,11-2)9-7-5-4-6-8-9/h3-10H2,1-2H3;9H,4-8H2,1-3H3. The summed E-state index contributed by atoms with van der Waals surface area (Å²) in [6.45, 7) is 6.72. The van der Waals surface area contributed by atoms with Crippen molar-refractivity contribution < 1.29 is 8.85 Å². The van der Waals surface area contributed by atoms with Gasteiger partial charge in [-0.3, -0.25) is 0 Å². The van der Waals surface area contributed by atoms with Gasteiger partial charge >= 0.3 is 8.56 Å². The van der Waals surface area contributed by atoms with Crippen LogP contribution in [-0.2, 0) is 8.85 Å². The van der Waals surface area contributed by atoms with E-state index in [-0.39, 0.29) is 0 Å². The fourth-order valence-electron chi connectivity index (χ4n) is 3.25. The number of hydrogen-bond donors (Lipinski definition) is 0. The predicted molar refractivity (Wildman–Crippen MR) is 101 cm³/mol. The Hall–Kier alpha value is 0.137. The molecule has 1 saturated carbocycles. The van der Waals surface area contributed by atoms with Gasteiger partial charge in [-0.2, -0.15) is 0 Å². The van der Waals surface area contributed by atoms with Gasteiger partial charge in [-0.25, -0.2) is 0 Å². The Morgan fingerprint density at radius 1 is 0.727 bits per heavy atom. The van der Waals surface area contributed by atoms with Crippen LogP contribution in [-0.4, -0.2) is 22.8 Å². The molecule has 0 radical (unpaired) electrons. The summed E-state index contributed by atoms with van der Waals surface area (Å²) in [5.74, 6) is 0. The topological polar surface area (TPSA) is 18.5 Å². The molecule has 0 spiro atoms. The van der Waals surface area contributed by atoms with Crippen LogP contribution >= 0.6 is 0 Å². The molecule has 0 aliphatic heterocycles. The van der Waals surface area contributed by atoms with Crippen LogP contribution in [0.1, 0.15) is 97.3 Å². The van der Waals surface area contributed by atoms with E-state index in [1.165, 1.54) is 83.5 Å². The second-order valence-electron chi connectivity index (χ2n) is 6.88. The van der Waals surface area contributed by atoms with Crippen LogP contribution in [0.3, 0.4) is 0 Å². The van der Waals surface area contributed by atoms with Crippen molar-refractivity contribution in [3.8, 4) is 0 Å². The second-order valence-corrected chi connectivity index (χ2v) is 10.5. The predicted octanol–water partition coefficient (Wildman–Crippen LogP) is 6.83. The average Bonchev–Trinajstić information content (AvgIpc) is 2.59. The Bertz CT molecular complexity index is 215. The zero-order valence-corrected chi connectivity index (χ0v) is 17.1. The van der Waals surface area contributed by atoms with Crippen molar-refractivity contribution in [1.82, 2.24) is 0 Å². The molecule has 1 fully saturated rings. The van der Waals surface area contributed by atoms with Gasteiger partial charge in [0.1, 0.15) is 0 Å². The van der Waals surface area contributed by atoms with Gasteiger partial charge < -0.3 is 8.85 Å². The minimum Gasteiger partial charge on any atom is -0.398 e. The maximum Gasteiger partial charge on any atom is 0.337 e. The Morgan fingerprint density at radius 2 is 1.14 bits per heavy atom. The van der Waals surface area contributed by atoms with Crippen LogP contribution in [0.4, 0.5) is 0 Å². The summed E-state index contributed by atoms with van der Waals surface area (Å²) >= 11 is 0. The van der Waals surface area contributed by atoms with Crippen molar-refractivity contribution >= 4 is 8.56 Å². The van der Waals surface area contributed by atoms with Crippen LogP contribution in [0.25, 0.3) is 0 Å². The van der Waals surface area contributed by atoms with Crippen molar-refractivity contribution in [2.45, 2.75) is 109 Å². The quantitative estimate of drug-likeness (QED) is 0.323. The fourth-order valence-corrected chi connectivity index (χ4v) is 5.54. The zero-order chi connectivity index (χ0) is 16.7. The van der Waals surface area contributed by atoms with Gasteiger partial charge in [-0.15, -0.1) is 0 Å². The summed E-state index contributed by atoms with van der Waals surface area (Å²) in [5.41, 5.74) is 0.723. The lowest BCUT2D eigenvalue weighted by Crippen LogP contribution is -2.42. The average molecular weight is 331 g/mol. The Balaban J connectivity index is 0.000000409. The highest BCUT2D eigenvalue weighted by Crippen LogP contribution is 2.37. The molecular weight excluding hydrogens is 288 g/mol. The Morgan fingerprint density at radius 3 is 1.50 bits per heavy atom. The summed E-state index contributed by atoms with van der Waals surface area (Å²) in [4.78, 5) is 0. The maximum atomic E-state index is 5.54. The summed E-state index contributed by atoms with van der Waals surface area (Å²) in [7, 11) is 1.80. The molecule has 0 N–H and O–H groups in total. The van der Waals surface area contributed by atoms with Gasteiger partial charge in [0.05, 0.1) is 0 Å². The van der Waals surface area contributed by atoms with E-state index in [2.05, 4.69) is 20.4 Å². The van der Waals surface area contributed by atoms with E-state index in [4.69, 9.17) is 8.85 Å². The van der Waals surface area contributed by atoms with E-state index in [1.54, 1.807) is 14.2 Å². The summed E-state index contributed by atoms with van der Waals surface area (Å²) in [6, 6.07) is 0. The lowest BCUT2D eigenvalue weighted by atomic mass is 10.0. The third-order valence-corrected chi connectivity index (χ3v) is 8.80. The first-order valence-electron chi connectivity index (χ1n) is 9.74. The molecule has 22 heavy (non-hydrogen) atoms. The van der Waals surface area contributed by atoms with E-state index in [1.807, 2.05) is 0 Å². The van der Waals surface area contributed by atoms with E-state index in [0.717, 1.165) is 5.54 Å². The molecule has 0 unspecified atom stereocenters. The molecule has 0 heterocycles.